The zero-order chi connectivity index (χ0) is 18.5. The lowest BCUT2D eigenvalue weighted by atomic mass is 10.1. The van der Waals surface area contributed by atoms with Crippen molar-refractivity contribution >= 4 is 27.8 Å². The van der Waals surface area contributed by atoms with Crippen LogP contribution in [0.15, 0.2) is 42.5 Å². The number of rotatable bonds is 8. The summed E-state index contributed by atoms with van der Waals surface area (Å²) < 4.78 is 7.78. The van der Waals surface area contributed by atoms with Gasteiger partial charge in [0.1, 0.15) is 6.61 Å². The average Bonchev–Trinajstić information content (AvgIpc) is 2.95. The third-order valence-electron chi connectivity index (χ3n) is 4.76. The number of likely N-dealkylation sites (N-methyl/N-ethyl adjacent to an activating group) is 1. The van der Waals surface area contributed by atoms with E-state index in [0.29, 0.717) is 12.2 Å². The summed E-state index contributed by atoms with van der Waals surface area (Å²) in [6.45, 7) is 4.36. The predicted octanol–water partition coefficient (Wildman–Crippen LogP) is 4.70. The molecule has 0 amide bonds. The molecule has 0 N–H and O–H groups in total. The number of esters is 1. The summed E-state index contributed by atoms with van der Waals surface area (Å²) in [5.41, 5.74) is 3.04. The van der Waals surface area contributed by atoms with Gasteiger partial charge in [0.25, 0.3) is 0 Å². The summed E-state index contributed by atoms with van der Waals surface area (Å²) in [5, 5.41) is 2.32. The van der Waals surface area contributed by atoms with Crippen LogP contribution in [0, 0.1) is 0 Å². The number of para-hydroxylation sites is 1. The minimum atomic E-state index is -0.253. The first-order chi connectivity index (χ1) is 12.6. The SMILES string of the molecule is CCCCCn1c2ccccc2c2cc(C(=O)OCCN(C)C)ccc21. The highest BCUT2D eigenvalue weighted by Crippen LogP contribution is 2.30. The van der Waals surface area contributed by atoms with E-state index in [4.69, 9.17) is 4.74 Å². The summed E-state index contributed by atoms with van der Waals surface area (Å²) in [6.07, 6.45) is 3.60. The molecule has 4 heteroatoms. The number of aromatic nitrogens is 1. The molecular formula is C22H28N2O2. The number of unbranched alkanes of at least 4 members (excludes halogenated alkanes) is 2. The highest BCUT2D eigenvalue weighted by Gasteiger charge is 2.14. The van der Waals surface area contributed by atoms with Crippen LogP contribution in [0.25, 0.3) is 21.8 Å². The Balaban J connectivity index is 1.94. The standard InChI is InChI=1S/C22H28N2O2/c1-4-5-8-13-24-20-10-7-6-9-18(20)19-16-17(11-12-21(19)24)22(25)26-15-14-23(2)3/h6-7,9-12,16H,4-5,8,13-15H2,1-3H3. The maximum absolute atomic E-state index is 12.4. The van der Waals surface area contributed by atoms with Gasteiger partial charge in [0.2, 0.25) is 0 Å². The van der Waals surface area contributed by atoms with E-state index >= 15 is 0 Å². The molecule has 1 aromatic heterocycles. The Hall–Kier alpha value is -2.33. The molecule has 0 radical (unpaired) electrons. The maximum atomic E-state index is 12.4. The van der Waals surface area contributed by atoms with Crippen molar-refractivity contribution in [3.63, 3.8) is 0 Å². The minimum Gasteiger partial charge on any atom is -0.461 e. The fraction of sp³-hybridized carbons (Fsp3) is 0.409. The smallest absolute Gasteiger partial charge is 0.338 e. The molecule has 0 saturated carbocycles. The second kappa shape index (κ2) is 8.37. The fourth-order valence-corrected chi connectivity index (χ4v) is 3.35. The Morgan fingerprint density at radius 2 is 1.81 bits per heavy atom. The van der Waals surface area contributed by atoms with Crippen molar-refractivity contribution in [2.75, 3.05) is 27.2 Å². The van der Waals surface area contributed by atoms with Gasteiger partial charge in [-0.3, -0.25) is 0 Å². The molecule has 26 heavy (non-hydrogen) atoms. The fourth-order valence-electron chi connectivity index (χ4n) is 3.35. The lowest BCUT2D eigenvalue weighted by Crippen LogP contribution is -2.20. The number of ether oxygens (including phenoxy) is 1. The van der Waals surface area contributed by atoms with Gasteiger partial charge < -0.3 is 14.2 Å². The number of hydrogen-bond acceptors (Lipinski definition) is 3. The second-order valence-electron chi connectivity index (χ2n) is 7.05. The Morgan fingerprint density at radius 3 is 2.58 bits per heavy atom. The van der Waals surface area contributed by atoms with Crippen LogP contribution in [0.3, 0.4) is 0 Å². The molecule has 138 valence electrons. The minimum absolute atomic E-state index is 0.253. The number of hydrogen-bond donors (Lipinski definition) is 0. The summed E-state index contributed by atoms with van der Waals surface area (Å²) in [5.74, 6) is -0.253. The van der Waals surface area contributed by atoms with Gasteiger partial charge >= 0.3 is 5.97 Å². The third-order valence-corrected chi connectivity index (χ3v) is 4.76. The summed E-state index contributed by atoms with van der Waals surface area (Å²) >= 11 is 0. The average molecular weight is 352 g/mol. The summed E-state index contributed by atoms with van der Waals surface area (Å²) in [7, 11) is 3.93. The Labute approximate surface area is 155 Å². The van der Waals surface area contributed by atoms with Crippen LogP contribution >= 0.6 is 0 Å². The van der Waals surface area contributed by atoms with Crippen LogP contribution in [0.5, 0.6) is 0 Å². The van der Waals surface area contributed by atoms with Crippen molar-refractivity contribution in [1.82, 2.24) is 9.47 Å². The molecule has 0 atom stereocenters. The Bertz CT molecular complexity index is 896. The monoisotopic (exact) mass is 352 g/mol. The molecule has 2 aromatic carbocycles. The number of benzene rings is 2. The third kappa shape index (κ3) is 3.91. The Kier molecular flexibility index (Phi) is 5.94. The molecule has 0 aliphatic rings. The van der Waals surface area contributed by atoms with Gasteiger partial charge in [-0.15, -0.1) is 0 Å². The zero-order valence-electron chi connectivity index (χ0n) is 16.0. The van der Waals surface area contributed by atoms with E-state index in [9.17, 15) is 4.79 Å². The molecule has 1 heterocycles. The number of carbonyl (C=O) groups excluding carboxylic acids is 1. The Morgan fingerprint density at radius 1 is 1.04 bits per heavy atom. The normalized spacial score (nSPS) is 11.5. The number of nitrogens with zero attached hydrogens (tertiary/aromatic N) is 2. The van der Waals surface area contributed by atoms with Gasteiger partial charge in [0.15, 0.2) is 0 Å². The maximum Gasteiger partial charge on any atom is 0.338 e. The van der Waals surface area contributed by atoms with E-state index in [0.717, 1.165) is 18.5 Å². The molecular weight excluding hydrogens is 324 g/mol. The molecule has 3 aromatic rings. The van der Waals surface area contributed by atoms with E-state index < -0.39 is 0 Å². The van der Waals surface area contributed by atoms with Crippen LogP contribution in [-0.2, 0) is 11.3 Å². The molecule has 0 aliphatic heterocycles. The first-order valence-electron chi connectivity index (χ1n) is 9.44. The van der Waals surface area contributed by atoms with E-state index in [-0.39, 0.29) is 5.97 Å². The van der Waals surface area contributed by atoms with Crippen LogP contribution < -0.4 is 0 Å². The lowest BCUT2D eigenvalue weighted by molar-refractivity contribution is 0.0482. The lowest BCUT2D eigenvalue weighted by Gasteiger charge is -2.10. The van der Waals surface area contributed by atoms with E-state index in [1.54, 1.807) is 0 Å². The topological polar surface area (TPSA) is 34.5 Å². The molecule has 0 aliphatic carbocycles. The zero-order valence-corrected chi connectivity index (χ0v) is 16.0. The van der Waals surface area contributed by atoms with E-state index in [1.807, 2.05) is 31.1 Å². The van der Waals surface area contributed by atoms with E-state index in [1.165, 1.54) is 35.7 Å². The van der Waals surface area contributed by atoms with E-state index in [2.05, 4.69) is 41.8 Å². The molecule has 0 unspecified atom stereocenters. The van der Waals surface area contributed by atoms with Crippen LogP contribution in [0.1, 0.15) is 36.5 Å². The highest BCUT2D eigenvalue weighted by atomic mass is 16.5. The summed E-state index contributed by atoms with van der Waals surface area (Å²) in [6, 6.07) is 14.4. The van der Waals surface area contributed by atoms with Crippen molar-refractivity contribution in [2.24, 2.45) is 0 Å². The van der Waals surface area contributed by atoms with Crippen molar-refractivity contribution < 1.29 is 9.53 Å². The number of fused-ring (bicyclic) bond motifs is 3. The number of carbonyl (C=O) groups is 1. The molecule has 0 saturated heterocycles. The molecule has 0 spiro atoms. The molecule has 0 fully saturated rings. The van der Waals surface area contributed by atoms with Gasteiger partial charge in [-0.2, -0.15) is 0 Å². The largest absolute Gasteiger partial charge is 0.461 e. The quantitative estimate of drug-likeness (QED) is 0.435. The second-order valence-corrected chi connectivity index (χ2v) is 7.05. The highest BCUT2D eigenvalue weighted by molar-refractivity contribution is 6.10. The van der Waals surface area contributed by atoms with Crippen molar-refractivity contribution in [1.29, 1.82) is 0 Å². The van der Waals surface area contributed by atoms with Crippen molar-refractivity contribution in [3.05, 3.63) is 48.0 Å². The van der Waals surface area contributed by atoms with Gasteiger partial charge in [0, 0.05) is 34.9 Å². The first kappa shape index (κ1) is 18.5. The summed E-state index contributed by atoms with van der Waals surface area (Å²) in [4.78, 5) is 14.4. The predicted molar refractivity (Wildman–Crippen MR) is 108 cm³/mol. The van der Waals surface area contributed by atoms with Gasteiger partial charge in [-0.25, -0.2) is 4.79 Å². The van der Waals surface area contributed by atoms with Crippen molar-refractivity contribution in [3.8, 4) is 0 Å². The first-order valence-corrected chi connectivity index (χ1v) is 9.44. The van der Waals surface area contributed by atoms with Crippen LogP contribution in [0.4, 0.5) is 0 Å². The van der Waals surface area contributed by atoms with Crippen LogP contribution in [-0.4, -0.2) is 42.7 Å². The molecule has 3 rings (SSSR count). The number of aryl methyl sites for hydroxylation is 1. The van der Waals surface area contributed by atoms with Gasteiger partial charge in [-0.05, 0) is 44.8 Å². The van der Waals surface area contributed by atoms with Gasteiger partial charge in [-0.1, -0.05) is 38.0 Å². The van der Waals surface area contributed by atoms with Gasteiger partial charge in [0.05, 0.1) is 5.56 Å². The van der Waals surface area contributed by atoms with Crippen molar-refractivity contribution in [2.45, 2.75) is 32.7 Å². The molecule has 4 nitrogen and oxygen atoms in total. The van der Waals surface area contributed by atoms with Crippen LogP contribution in [0.2, 0.25) is 0 Å². The molecule has 0 bridgehead atoms.